The Labute approximate surface area is 200 Å². The predicted molar refractivity (Wildman–Crippen MR) is 127 cm³/mol. The third-order valence-electron chi connectivity index (χ3n) is 5.86. The van der Waals surface area contributed by atoms with Gasteiger partial charge in [0.2, 0.25) is 5.78 Å². The Balaban J connectivity index is 2.11. The maximum absolute atomic E-state index is 14.6. The maximum Gasteiger partial charge on any atom is 0.295 e. The van der Waals surface area contributed by atoms with Gasteiger partial charge in [0.15, 0.2) is 11.6 Å². The summed E-state index contributed by atoms with van der Waals surface area (Å²) in [6.07, 6.45) is -0.231. The highest BCUT2D eigenvalue weighted by molar-refractivity contribution is 6.46. The van der Waals surface area contributed by atoms with Crippen LogP contribution in [0.4, 0.5) is 4.39 Å². The number of halogens is 1. The van der Waals surface area contributed by atoms with Crippen molar-refractivity contribution in [1.29, 1.82) is 0 Å². The zero-order valence-electron chi connectivity index (χ0n) is 20.6. The number of likely N-dealkylation sites (tertiary alicyclic amines) is 1. The number of nitrogens with zero attached hydrogens (tertiary/aromatic N) is 1. The number of carbonyl (C=O) groups is 2. The van der Waals surface area contributed by atoms with Crippen LogP contribution in [0.2, 0.25) is 0 Å². The van der Waals surface area contributed by atoms with E-state index in [2.05, 4.69) is 13.8 Å². The molecule has 6 nitrogen and oxygen atoms in total. The number of ether oxygens (including phenoxy) is 1. The van der Waals surface area contributed by atoms with E-state index < -0.39 is 29.3 Å². The minimum atomic E-state index is -0.834. The number of likely N-dealkylation sites (N-methyl/N-ethyl adjacent to an activating group) is 1. The van der Waals surface area contributed by atoms with Gasteiger partial charge in [-0.2, -0.15) is 0 Å². The number of rotatable bonds is 8. The van der Waals surface area contributed by atoms with E-state index in [1.807, 2.05) is 38.4 Å². The van der Waals surface area contributed by atoms with E-state index in [-0.39, 0.29) is 23.0 Å². The molecule has 1 saturated heterocycles. The van der Waals surface area contributed by atoms with E-state index >= 15 is 0 Å². The second kappa shape index (κ2) is 10.4. The molecule has 0 spiro atoms. The zero-order chi connectivity index (χ0) is 25.2. The maximum atomic E-state index is 14.6. The van der Waals surface area contributed by atoms with Crippen LogP contribution in [0.25, 0.3) is 5.76 Å². The van der Waals surface area contributed by atoms with Gasteiger partial charge in [-0.1, -0.05) is 49.9 Å². The molecule has 1 heterocycles. The standard InChI is InChI=1S/C27H33FN2O4/c1-16(2)18-7-9-19(10-8-18)24-23(26(32)27(33)30(24)14-13-29(5)6)25(31)20-11-12-22(21(28)15-20)34-17(3)4/h7-12,15-17,24,31H,13-14H2,1-6H3. The molecule has 1 fully saturated rings. The largest absolute Gasteiger partial charge is 0.872 e. The number of quaternary nitrogens is 1. The summed E-state index contributed by atoms with van der Waals surface area (Å²) in [4.78, 5) is 28.6. The molecule has 1 N–H and O–H groups in total. The Morgan fingerprint density at radius 2 is 1.74 bits per heavy atom. The highest BCUT2D eigenvalue weighted by Gasteiger charge is 2.44. The fourth-order valence-electron chi connectivity index (χ4n) is 4.00. The predicted octanol–water partition coefficient (Wildman–Crippen LogP) is 2.10. The van der Waals surface area contributed by atoms with E-state index in [0.717, 1.165) is 16.5 Å². The van der Waals surface area contributed by atoms with E-state index in [9.17, 15) is 19.1 Å². The summed E-state index contributed by atoms with van der Waals surface area (Å²) in [6.45, 7) is 8.62. The normalized spacial score (nSPS) is 17.9. The molecule has 1 aliphatic heterocycles. The lowest BCUT2D eigenvalue weighted by atomic mass is 9.93. The SMILES string of the molecule is CC(C)Oc1ccc(C([O-])=C2C(=O)C(=O)N(CC[NH+](C)C)C2c2ccc(C(C)C)cc2)cc1F. The molecule has 0 bridgehead atoms. The Morgan fingerprint density at radius 1 is 1.09 bits per heavy atom. The van der Waals surface area contributed by atoms with Crippen LogP contribution in [-0.2, 0) is 9.59 Å². The molecule has 1 atom stereocenters. The summed E-state index contributed by atoms with van der Waals surface area (Å²) >= 11 is 0. The van der Waals surface area contributed by atoms with Crippen LogP contribution in [0.3, 0.4) is 0 Å². The quantitative estimate of drug-likeness (QED) is 0.366. The number of hydrogen-bond acceptors (Lipinski definition) is 4. The van der Waals surface area contributed by atoms with E-state index in [0.29, 0.717) is 24.6 Å². The third kappa shape index (κ3) is 5.30. The summed E-state index contributed by atoms with van der Waals surface area (Å²) < 4.78 is 20.0. The third-order valence-corrected chi connectivity index (χ3v) is 5.86. The zero-order valence-corrected chi connectivity index (χ0v) is 20.6. The Bertz CT molecular complexity index is 1090. The van der Waals surface area contributed by atoms with Gasteiger partial charge in [0.1, 0.15) is 0 Å². The second-order valence-corrected chi connectivity index (χ2v) is 9.56. The molecule has 0 aliphatic carbocycles. The average Bonchev–Trinajstić information content (AvgIpc) is 3.03. The molecule has 2 aromatic carbocycles. The van der Waals surface area contributed by atoms with Gasteiger partial charge in [0.25, 0.3) is 5.91 Å². The number of Topliss-reactive ketones (excluding diaryl/α,β-unsaturated/α-hetero) is 1. The van der Waals surface area contributed by atoms with Crippen LogP contribution in [0.5, 0.6) is 5.75 Å². The minimum Gasteiger partial charge on any atom is -0.872 e. The lowest BCUT2D eigenvalue weighted by Gasteiger charge is -2.28. The first-order valence-electron chi connectivity index (χ1n) is 11.6. The van der Waals surface area contributed by atoms with Crippen molar-refractivity contribution < 1.29 is 28.7 Å². The van der Waals surface area contributed by atoms with E-state index in [4.69, 9.17) is 4.74 Å². The topological polar surface area (TPSA) is 74.1 Å². The monoisotopic (exact) mass is 468 g/mol. The molecule has 0 aromatic heterocycles. The summed E-state index contributed by atoms with van der Waals surface area (Å²) in [6, 6.07) is 10.7. The summed E-state index contributed by atoms with van der Waals surface area (Å²) in [5.74, 6) is -2.54. The molecule has 182 valence electrons. The fraction of sp³-hybridized carbons (Fsp3) is 0.407. The average molecular weight is 469 g/mol. The van der Waals surface area contributed by atoms with Crippen LogP contribution >= 0.6 is 0 Å². The molecule has 1 unspecified atom stereocenters. The van der Waals surface area contributed by atoms with Gasteiger partial charge >= 0.3 is 0 Å². The Hall–Kier alpha value is -3.19. The van der Waals surface area contributed by atoms with Gasteiger partial charge < -0.3 is 19.6 Å². The highest BCUT2D eigenvalue weighted by atomic mass is 19.1. The molecule has 7 heteroatoms. The van der Waals surface area contributed by atoms with Crippen LogP contribution in [0.15, 0.2) is 48.0 Å². The van der Waals surface area contributed by atoms with Gasteiger partial charge in [0, 0.05) is 5.57 Å². The first-order chi connectivity index (χ1) is 16.0. The van der Waals surface area contributed by atoms with Gasteiger partial charge in [-0.05, 0) is 48.6 Å². The van der Waals surface area contributed by atoms with Crippen LogP contribution in [0.1, 0.15) is 56.3 Å². The molecule has 0 radical (unpaired) electrons. The highest BCUT2D eigenvalue weighted by Crippen LogP contribution is 2.39. The number of benzene rings is 2. The molecule has 34 heavy (non-hydrogen) atoms. The van der Waals surface area contributed by atoms with Crippen LogP contribution in [-0.4, -0.2) is 49.9 Å². The summed E-state index contributed by atoms with van der Waals surface area (Å²) in [7, 11) is 3.91. The molecule has 1 aliphatic rings. The first-order valence-corrected chi connectivity index (χ1v) is 11.6. The van der Waals surface area contributed by atoms with Crippen molar-refractivity contribution in [2.24, 2.45) is 0 Å². The first kappa shape index (κ1) is 25.4. The number of amides is 1. The molecule has 1 amide bonds. The number of nitrogens with one attached hydrogen (secondary N) is 1. The summed E-state index contributed by atoms with van der Waals surface area (Å²) in [5, 5.41) is 13.5. The van der Waals surface area contributed by atoms with Gasteiger partial charge in [-0.25, -0.2) is 4.39 Å². The van der Waals surface area contributed by atoms with E-state index in [1.165, 1.54) is 17.0 Å². The van der Waals surface area contributed by atoms with Gasteiger partial charge in [-0.3, -0.25) is 9.59 Å². The summed E-state index contributed by atoms with van der Waals surface area (Å²) in [5.41, 5.74) is 1.65. The molecule has 3 rings (SSSR count). The van der Waals surface area contributed by atoms with Crippen molar-refractivity contribution >= 4 is 17.4 Å². The molecule has 2 aromatic rings. The lowest BCUT2D eigenvalue weighted by Crippen LogP contribution is -3.06. The lowest BCUT2D eigenvalue weighted by molar-refractivity contribution is -0.857. The van der Waals surface area contributed by atoms with E-state index in [1.54, 1.807) is 13.8 Å². The van der Waals surface area contributed by atoms with Crippen LogP contribution < -0.4 is 14.7 Å². The van der Waals surface area contributed by atoms with Crippen molar-refractivity contribution in [3.05, 3.63) is 70.5 Å². The fourth-order valence-corrected chi connectivity index (χ4v) is 4.00. The number of hydrogen-bond donors (Lipinski definition) is 1. The van der Waals surface area contributed by atoms with Crippen LogP contribution in [0, 0.1) is 5.82 Å². The van der Waals surface area contributed by atoms with Gasteiger partial charge in [-0.15, -0.1) is 0 Å². The Kier molecular flexibility index (Phi) is 7.77. The van der Waals surface area contributed by atoms with Crippen molar-refractivity contribution in [1.82, 2.24) is 4.90 Å². The van der Waals surface area contributed by atoms with Crippen molar-refractivity contribution in [2.45, 2.75) is 45.8 Å². The number of carbonyl (C=O) groups excluding carboxylic acids is 2. The van der Waals surface area contributed by atoms with Crippen molar-refractivity contribution in [3.8, 4) is 5.75 Å². The van der Waals surface area contributed by atoms with Crippen molar-refractivity contribution in [2.75, 3.05) is 27.2 Å². The molecular weight excluding hydrogens is 435 g/mol. The Morgan fingerprint density at radius 3 is 2.26 bits per heavy atom. The van der Waals surface area contributed by atoms with Crippen molar-refractivity contribution in [3.63, 3.8) is 0 Å². The minimum absolute atomic E-state index is 0.00800. The molecular formula is C27H33FN2O4. The second-order valence-electron chi connectivity index (χ2n) is 9.56. The molecule has 0 saturated carbocycles. The number of ketones is 1. The smallest absolute Gasteiger partial charge is 0.295 e. The van der Waals surface area contributed by atoms with Gasteiger partial charge in [0.05, 0.1) is 39.3 Å².